The van der Waals surface area contributed by atoms with E-state index in [2.05, 4.69) is 13.3 Å². The fourth-order valence-corrected chi connectivity index (χ4v) is 5.59. The first-order chi connectivity index (χ1) is 13.7. The predicted octanol–water partition coefficient (Wildman–Crippen LogP) is 4.84. The van der Waals surface area contributed by atoms with E-state index in [0.29, 0.717) is 0 Å². The molecule has 0 aromatic carbocycles. The second kappa shape index (κ2) is 7.13. The van der Waals surface area contributed by atoms with Gasteiger partial charge in [0.2, 0.25) is 0 Å². The second-order valence-corrected chi connectivity index (χ2v) is 10.5. The Morgan fingerprint density at radius 2 is 0.679 bits per heavy atom. The maximum atomic E-state index is 6.01. The Kier molecular flexibility index (Phi) is 4.47. The molecular formula is C22H18O4P2. The highest BCUT2D eigenvalue weighted by atomic mass is 31.1. The summed E-state index contributed by atoms with van der Waals surface area (Å²) >= 11 is 0. The molecule has 0 saturated heterocycles. The third kappa shape index (κ3) is 3.35. The average Bonchev–Trinajstić information content (AvgIpc) is 3.49. The van der Waals surface area contributed by atoms with Crippen molar-refractivity contribution in [3.8, 4) is 0 Å². The van der Waals surface area contributed by atoms with Gasteiger partial charge < -0.3 is 17.7 Å². The van der Waals surface area contributed by atoms with Gasteiger partial charge in [-0.1, -0.05) is 0 Å². The average molecular weight is 408 g/mol. The third-order valence-electron chi connectivity index (χ3n) is 4.60. The summed E-state index contributed by atoms with van der Waals surface area (Å²) in [5.41, 5.74) is 3.70. The van der Waals surface area contributed by atoms with E-state index >= 15 is 0 Å². The molecular weight excluding hydrogens is 390 g/mol. The molecule has 8 bridgehead atoms. The lowest BCUT2D eigenvalue weighted by molar-refractivity contribution is 0.577. The SMILES string of the molecule is CP1c2ccc(o2)/C=C/c2ccc(o2)P(C)c2ccc(o2)/C=C/c2ccc1o2. The van der Waals surface area contributed by atoms with Gasteiger partial charge in [-0.25, -0.2) is 0 Å². The maximum Gasteiger partial charge on any atom is 0.133 e. The first kappa shape index (κ1) is 17.6. The van der Waals surface area contributed by atoms with Crippen molar-refractivity contribution in [3.63, 3.8) is 0 Å². The van der Waals surface area contributed by atoms with E-state index in [4.69, 9.17) is 17.7 Å². The minimum atomic E-state index is -0.688. The van der Waals surface area contributed by atoms with Crippen LogP contribution in [0.25, 0.3) is 24.3 Å². The number of fused-ring (bicyclic) bond motifs is 8. The molecule has 0 aliphatic carbocycles. The van der Waals surface area contributed by atoms with Crippen LogP contribution < -0.4 is 22.0 Å². The van der Waals surface area contributed by atoms with Crippen molar-refractivity contribution < 1.29 is 17.7 Å². The van der Waals surface area contributed by atoms with E-state index in [0.717, 1.165) is 45.0 Å². The molecule has 0 spiro atoms. The first-order valence-electron chi connectivity index (χ1n) is 8.89. The van der Waals surface area contributed by atoms with Crippen molar-refractivity contribution in [1.29, 1.82) is 0 Å². The Morgan fingerprint density at radius 1 is 0.429 bits per heavy atom. The standard InChI is InChI=1S/C22H18O4P2/c1-27-19-11-7-15(23-19)3-5-17-9-13-21(25-17)28(2)22-14-10-18(26-22)6-4-16-8-12-20(27)24-16/h3-14H,1-2H3/b5-3+,6-4+. The number of rotatable bonds is 0. The van der Waals surface area contributed by atoms with Gasteiger partial charge in [-0.2, -0.15) is 0 Å². The summed E-state index contributed by atoms with van der Waals surface area (Å²) in [7, 11) is -1.38. The molecule has 1 aliphatic rings. The second-order valence-electron chi connectivity index (χ2n) is 6.49. The fourth-order valence-electron chi connectivity index (χ4n) is 2.99. The summed E-state index contributed by atoms with van der Waals surface area (Å²) in [6.45, 7) is 4.26. The largest absolute Gasteiger partial charge is 0.457 e. The molecule has 5 heterocycles. The van der Waals surface area contributed by atoms with Gasteiger partial charge in [-0.3, -0.25) is 0 Å². The summed E-state index contributed by atoms with van der Waals surface area (Å²) in [5, 5.41) is 0. The first-order valence-corrected chi connectivity index (χ1v) is 12.5. The fraction of sp³-hybridized carbons (Fsp3) is 0.0909. The molecule has 140 valence electrons. The zero-order valence-electron chi connectivity index (χ0n) is 15.5. The highest BCUT2D eigenvalue weighted by Crippen LogP contribution is 2.33. The Morgan fingerprint density at radius 3 is 0.929 bits per heavy atom. The van der Waals surface area contributed by atoms with Crippen molar-refractivity contribution in [1.82, 2.24) is 0 Å². The van der Waals surface area contributed by atoms with Crippen LogP contribution in [0.1, 0.15) is 23.0 Å². The highest BCUT2D eigenvalue weighted by Gasteiger charge is 2.18. The highest BCUT2D eigenvalue weighted by molar-refractivity contribution is 7.71. The van der Waals surface area contributed by atoms with Gasteiger partial charge in [0.05, 0.1) is 0 Å². The van der Waals surface area contributed by atoms with Gasteiger partial charge in [0.1, 0.15) is 45.0 Å². The van der Waals surface area contributed by atoms with Crippen LogP contribution in [-0.2, 0) is 0 Å². The van der Waals surface area contributed by atoms with Gasteiger partial charge in [0.25, 0.3) is 0 Å². The van der Waals surface area contributed by atoms with Crippen LogP contribution in [0.3, 0.4) is 0 Å². The van der Waals surface area contributed by atoms with Crippen LogP contribution >= 0.6 is 15.8 Å². The molecule has 4 aromatic rings. The summed E-state index contributed by atoms with van der Waals surface area (Å²) < 4.78 is 24.0. The molecule has 0 amide bonds. The van der Waals surface area contributed by atoms with E-state index in [1.807, 2.05) is 72.8 Å². The molecule has 0 N–H and O–H groups in total. The molecule has 0 fully saturated rings. The molecule has 0 saturated carbocycles. The summed E-state index contributed by atoms with van der Waals surface area (Å²) in [5.74, 6) is 3.18. The smallest absolute Gasteiger partial charge is 0.133 e. The van der Waals surface area contributed by atoms with E-state index < -0.39 is 15.8 Å². The zero-order chi connectivity index (χ0) is 19.1. The Labute approximate surface area is 165 Å². The van der Waals surface area contributed by atoms with Crippen molar-refractivity contribution in [2.45, 2.75) is 0 Å². The van der Waals surface area contributed by atoms with E-state index in [9.17, 15) is 0 Å². The molecule has 28 heavy (non-hydrogen) atoms. The van der Waals surface area contributed by atoms with Crippen LogP contribution in [0.5, 0.6) is 0 Å². The molecule has 4 aromatic heterocycles. The maximum absolute atomic E-state index is 6.01. The summed E-state index contributed by atoms with van der Waals surface area (Å²) in [6, 6.07) is 16.0. The molecule has 1 aliphatic heterocycles. The Bertz CT molecular complexity index is 990. The Balaban J connectivity index is 1.58. The normalized spacial score (nSPS) is 21.1. The third-order valence-corrected chi connectivity index (χ3v) is 8.20. The van der Waals surface area contributed by atoms with Crippen molar-refractivity contribution in [3.05, 3.63) is 71.6 Å². The number of furan rings is 4. The summed E-state index contributed by atoms with van der Waals surface area (Å²) in [4.78, 5) is 0. The lowest BCUT2D eigenvalue weighted by Crippen LogP contribution is -2.06. The van der Waals surface area contributed by atoms with Crippen LogP contribution in [0.4, 0.5) is 0 Å². The quantitative estimate of drug-likeness (QED) is 0.391. The van der Waals surface area contributed by atoms with Gasteiger partial charge in [-0.15, -0.1) is 0 Å². The zero-order valence-corrected chi connectivity index (χ0v) is 17.2. The van der Waals surface area contributed by atoms with Crippen molar-refractivity contribution in [2.75, 3.05) is 13.3 Å². The topological polar surface area (TPSA) is 52.6 Å². The van der Waals surface area contributed by atoms with Crippen LogP contribution in [0.2, 0.25) is 0 Å². The van der Waals surface area contributed by atoms with E-state index in [1.165, 1.54) is 0 Å². The van der Waals surface area contributed by atoms with Crippen LogP contribution in [0, 0.1) is 0 Å². The van der Waals surface area contributed by atoms with Crippen LogP contribution in [0.15, 0.2) is 66.2 Å². The van der Waals surface area contributed by atoms with Gasteiger partial charge >= 0.3 is 0 Å². The summed E-state index contributed by atoms with van der Waals surface area (Å²) in [6.07, 6.45) is 7.71. The molecule has 0 radical (unpaired) electrons. The minimum absolute atomic E-state index is 0.688. The predicted molar refractivity (Wildman–Crippen MR) is 117 cm³/mol. The molecule has 6 heteroatoms. The molecule has 5 rings (SSSR count). The molecule has 0 atom stereocenters. The van der Waals surface area contributed by atoms with Gasteiger partial charge in [0, 0.05) is 15.8 Å². The van der Waals surface area contributed by atoms with Crippen molar-refractivity contribution >= 4 is 62.2 Å². The minimum Gasteiger partial charge on any atom is -0.457 e. The van der Waals surface area contributed by atoms with Crippen molar-refractivity contribution in [2.24, 2.45) is 0 Å². The van der Waals surface area contributed by atoms with Gasteiger partial charge in [0.15, 0.2) is 0 Å². The molecule has 4 nitrogen and oxygen atoms in total. The van der Waals surface area contributed by atoms with E-state index in [-0.39, 0.29) is 0 Å². The Hall–Kier alpha value is -2.54. The lowest BCUT2D eigenvalue weighted by atomic mass is 10.3. The van der Waals surface area contributed by atoms with Crippen LogP contribution in [-0.4, -0.2) is 13.3 Å². The van der Waals surface area contributed by atoms with Gasteiger partial charge in [-0.05, 0) is 86.2 Å². The monoisotopic (exact) mass is 408 g/mol. The molecule has 0 unspecified atom stereocenters. The number of hydrogen-bond acceptors (Lipinski definition) is 4. The lowest BCUT2D eigenvalue weighted by Gasteiger charge is -2.05. The number of hydrogen-bond donors (Lipinski definition) is 0. The van der Waals surface area contributed by atoms with E-state index in [1.54, 1.807) is 0 Å².